The van der Waals surface area contributed by atoms with Gasteiger partial charge in [-0.3, -0.25) is 0 Å². The molecule has 5 heteroatoms. The highest BCUT2D eigenvalue weighted by Gasteiger charge is 2.19. The predicted octanol–water partition coefficient (Wildman–Crippen LogP) is 1.98. The first-order chi connectivity index (χ1) is 8.15. The molecule has 0 spiro atoms. The smallest absolute Gasteiger partial charge is 0.229 e. The van der Waals surface area contributed by atoms with Crippen molar-refractivity contribution in [3.63, 3.8) is 0 Å². The van der Waals surface area contributed by atoms with Crippen LogP contribution in [0.2, 0.25) is 0 Å². The normalized spacial score (nSPS) is 25.4. The van der Waals surface area contributed by atoms with Gasteiger partial charge in [-0.15, -0.1) is 0 Å². The van der Waals surface area contributed by atoms with Crippen molar-refractivity contribution in [2.75, 3.05) is 0 Å². The van der Waals surface area contributed by atoms with Crippen molar-refractivity contribution in [3.8, 4) is 0 Å². The molecule has 0 atom stereocenters. The zero-order chi connectivity index (χ0) is 12.3. The van der Waals surface area contributed by atoms with Gasteiger partial charge in [-0.25, -0.2) is 0 Å². The molecule has 0 aromatic carbocycles. The lowest BCUT2D eigenvalue weighted by atomic mass is 9.94. The second kappa shape index (κ2) is 5.60. The number of hydrogen-bond donors (Lipinski definition) is 1. The minimum Gasteiger partial charge on any atom is -0.370 e. The standard InChI is InChI=1S/C12H21N3O2/c1-8(2)12-14-11(15-17-12)7-16-10-5-3-9(13)4-6-10/h8-10H,3-7,13H2,1-2H3. The zero-order valence-corrected chi connectivity index (χ0v) is 10.6. The summed E-state index contributed by atoms with van der Waals surface area (Å²) >= 11 is 0. The molecule has 5 nitrogen and oxygen atoms in total. The minimum atomic E-state index is 0.268. The molecule has 1 aromatic rings. The number of hydrogen-bond acceptors (Lipinski definition) is 5. The highest BCUT2D eigenvalue weighted by Crippen LogP contribution is 2.20. The molecule has 0 bridgehead atoms. The van der Waals surface area contributed by atoms with Gasteiger partial charge in [-0.2, -0.15) is 4.98 Å². The van der Waals surface area contributed by atoms with Crippen LogP contribution < -0.4 is 5.73 Å². The number of aromatic nitrogens is 2. The first-order valence-electron chi connectivity index (χ1n) is 6.35. The van der Waals surface area contributed by atoms with Crippen molar-refractivity contribution in [3.05, 3.63) is 11.7 Å². The van der Waals surface area contributed by atoms with Crippen molar-refractivity contribution in [1.82, 2.24) is 10.1 Å². The maximum Gasteiger partial charge on any atom is 0.229 e. The molecule has 1 heterocycles. The van der Waals surface area contributed by atoms with Crippen molar-refractivity contribution >= 4 is 0 Å². The van der Waals surface area contributed by atoms with Gasteiger partial charge in [-0.1, -0.05) is 19.0 Å². The number of nitrogens with two attached hydrogens (primary N) is 1. The average Bonchev–Trinajstić information content (AvgIpc) is 2.77. The summed E-state index contributed by atoms with van der Waals surface area (Å²) in [5.74, 6) is 1.58. The van der Waals surface area contributed by atoms with E-state index in [0.29, 0.717) is 30.5 Å². The van der Waals surface area contributed by atoms with Gasteiger partial charge in [0.05, 0.1) is 6.10 Å². The van der Waals surface area contributed by atoms with Crippen molar-refractivity contribution in [2.45, 2.75) is 64.2 Å². The van der Waals surface area contributed by atoms with Gasteiger partial charge >= 0.3 is 0 Å². The van der Waals surface area contributed by atoms with E-state index in [1.165, 1.54) is 0 Å². The van der Waals surface area contributed by atoms with Crippen LogP contribution in [0.1, 0.15) is 57.2 Å². The van der Waals surface area contributed by atoms with Crippen LogP contribution in [0, 0.1) is 0 Å². The van der Waals surface area contributed by atoms with E-state index in [-0.39, 0.29) is 5.92 Å². The van der Waals surface area contributed by atoms with E-state index in [1.54, 1.807) is 0 Å². The Morgan fingerprint density at radius 3 is 2.65 bits per heavy atom. The molecule has 1 aliphatic carbocycles. The van der Waals surface area contributed by atoms with Crippen LogP contribution in [0.25, 0.3) is 0 Å². The maximum atomic E-state index is 5.85. The fourth-order valence-corrected chi connectivity index (χ4v) is 2.01. The van der Waals surface area contributed by atoms with Crippen LogP contribution in [-0.4, -0.2) is 22.3 Å². The average molecular weight is 239 g/mol. The van der Waals surface area contributed by atoms with Gasteiger partial charge in [0.15, 0.2) is 5.82 Å². The van der Waals surface area contributed by atoms with Crippen LogP contribution in [0.3, 0.4) is 0 Å². The quantitative estimate of drug-likeness (QED) is 0.869. The van der Waals surface area contributed by atoms with Gasteiger partial charge in [0, 0.05) is 12.0 Å². The summed E-state index contributed by atoms with van der Waals surface area (Å²) in [4.78, 5) is 4.28. The Kier molecular flexibility index (Phi) is 4.12. The Hall–Kier alpha value is -0.940. The molecule has 1 fully saturated rings. The molecule has 2 rings (SSSR count). The summed E-state index contributed by atoms with van der Waals surface area (Å²) in [6.07, 6.45) is 4.48. The van der Waals surface area contributed by atoms with Gasteiger partial charge in [0.1, 0.15) is 6.61 Å². The van der Waals surface area contributed by atoms with E-state index in [9.17, 15) is 0 Å². The van der Waals surface area contributed by atoms with E-state index in [0.717, 1.165) is 25.7 Å². The molecule has 0 aliphatic heterocycles. The lowest BCUT2D eigenvalue weighted by Crippen LogP contribution is -2.30. The molecular weight excluding hydrogens is 218 g/mol. The lowest BCUT2D eigenvalue weighted by molar-refractivity contribution is 0.00981. The summed E-state index contributed by atoms with van der Waals surface area (Å²) in [6.45, 7) is 4.50. The second-order valence-corrected chi connectivity index (χ2v) is 5.05. The Morgan fingerprint density at radius 2 is 2.06 bits per heavy atom. The predicted molar refractivity (Wildman–Crippen MR) is 63.4 cm³/mol. The first kappa shape index (κ1) is 12.5. The maximum absolute atomic E-state index is 5.85. The van der Waals surface area contributed by atoms with Crippen molar-refractivity contribution in [2.24, 2.45) is 5.73 Å². The summed E-state index contributed by atoms with van der Waals surface area (Å²) in [7, 11) is 0. The summed E-state index contributed by atoms with van der Waals surface area (Å²) in [5, 5.41) is 3.90. The number of rotatable bonds is 4. The van der Waals surface area contributed by atoms with Crippen LogP contribution in [-0.2, 0) is 11.3 Å². The van der Waals surface area contributed by atoms with Gasteiger partial charge in [0.25, 0.3) is 0 Å². The molecule has 2 N–H and O–H groups in total. The number of nitrogens with zero attached hydrogens (tertiary/aromatic N) is 2. The van der Waals surface area contributed by atoms with E-state index in [4.69, 9.17) is 15.0 Å². The summed E-state index contributed by atoms with van der Waals surface area (Å²) in [5.41, 5.74) is 5.85. The Balaban J connectivity index is 1.77. The molecular formula is C12H21N3O2. The van der Waals surface area contributed by atoms with Crippen LogP contribution in [0.5, 0.6) is 0 Å². The lowest BCUT2D eigenvalue weighted by Gasteiger charge is -2.25. The Bertz CT molecular complexity index is 343. The third kappa shape index (κ3) is 3.51. The largest absolute Gasteiger partial charge is 0.370 e. The van der Waals surface area contributed by atoms with Crippen LogP contribution >= 0.6 is 0 Å². The third-order valence-electron chi connectivity index (χ3n) is 3.14. The SMILES string of the molecule is CC(C)c1nc(COC2CCC(N)CC2)no1. The van der Waals surface area contributed by atoms with E-state index < -0.39 is 0 Å². The van der Waals surface area contributed by atoms with Gasteiger partial charge < -0.3 is 15.0 Å². The first-order valence-corrected chi connectivity index (χ1v) is 6.35. The topological polar surface area (TPSA) is 74.2 Å². The van der Waals surface area contributed by atoms with Gasteiger partial charge in [-0.05, 0) is 25.7 Å². The van der Waals surface area contributed by atoms with E-state index >= 15 is 0 Å². The molecule has 0 amide bonds. The van der Waals surface area contributed by atoms with Crippen LogP contribution in [0.15, 0.2) is 4.52 Å². The molecule has 1 aliphatic rings. The highest BCUT2D eigenvalue weighted by atomic mass is 16.5. The Morgan fingerprint density at radius 1 is 1.35 bits per heavy atom. The molecule has 17 heavy (non-hydrogen) atoms. The minimum absolute atomic E-state index is 0.268. The number of ether oxygens (including phenoxy) is 1. The molecule has 1 aromatic heterocycles. The summed E-state index contributed by atoms with van der Waals surface area (Å²) < 4.78 is 10.9. The third-order valence-corrected chi connectivity index (χ3v) is 3.14. The fourth-order valence-electron chi connectivity index (χ4n) is 2.01. The van der Waals surface area contributed by atoms with Gasteiger partial charge in [0.2, 0.25) is 5.89 Å². The van der Waals surface area contributed by atoms with E-state index in [1.807, 2.05) is 13.8 Å². The summed E-state index contributed by atoms with van der Waals surface area (Å²) in [6, 6.07) is 0.354. The highest BCUT2D eigenvalue weighted by molar-refractivity contribution is 4.89. The second-order valence-electron chi connectivity index (χ2n) is 5.05. The molecule has 0 radical (unpaired) electrons. The monoisotopic (exact) mass is 239 g/mol. The van der Waals surface area contributed by atoms with Crippen LogP contribution in [0.4, 0.5) is 0 Å². The zero-order valence-electron chi connectivity index (χ0n) is 10.6. The van der Waals surface area contributed by atoms with E-state index in [2.05, 4.69) is 10.1 Å². The molecule has 0 saturated heterocycles. The molecule has 0 unspecified atom stereocenters. The van der Waals surface area contributed by atoms with Crippen molar-refractivity contribution < 1.29 is 9.26 Å². The molecule has 1 saturated carbocycles. The molecule has 96 valence electrons. The Labute approximate surface area is 102 Å². The fraction of sp³-hybridized carbons (Fsp3) is 0.833. The van der Waals surface area contributed by atoms with Crippen molar-refractivity contribution in [1.29, 1.82) is 0 Å².